The van der Waals surface area contributed by atoms with E-state index in [0.717, 1.165) is 0 Å². The smallest absolute Gasteiger partial charge is 0.195 e. The summed E-state index contributed by atoms with van der Waals surface area (Å²) in [5.41, 5.74) is 0.462. The van der Waals surface area contributed by atoms with Crippen LogP contribution in [0.4, 0.5) is 0 Å². The summed E-state index contributed by atoms with van der Waals surface area (Å²) in [4.78, 5) is 12.1. The number of rotatable bonds is 5. The van der Waals surface area contributed by atoms with Crippen molar-refractivity contribution in [1.29, 1.82) is 0 Å². The Hall–Kier alpha value is -1.06. The van der Waals surface area contributed by atoms with Crippen LogP contribution in [0.15, 0.2) is 18.2 Å². The predicted octanol–water partition coefficient (Wildman–Crippen LogP) is 2.96. The maximum atomic E-state index is 12.1. The molecule has 0 saturated heterocycles. The summed E-state index contributed by atoms with van der Waals surface area (Å²) in [5.74, 6) is 0.411. The summed E-state index contributed by atoms with van der Waals surface area (Å²) in [7, 11) is 3.04. The van der Waals surface area contributed by atoms with Gasteiger partial charge in [0.2, 0.25) is 0 Å². The quantitative estimate of drug-likeness (QED) is 0.745. The number of methoxy groups -OCH3 is 2. The van der Waals surface area contributed by atoms with Crippen LogP contribution in [0, 0.1) is 0 Å². The lowest BCUT2D eigenvalue weighted by molar-refractivity contribution is 0.0593. The lowest BCUT2D eigenvalue weighted by Crippen LogP contribution is -2.22. The summed E-state index contributed by atoms with van der Waals surface area (Å²) >= 11 is 5.86. The first-order valence-corrected chi connectivity index (χ1v) is 5.42. The molecule has 0 radical (unpaired) electrons. The minimum absolute atomic E-state index is 0.107. The molecule has 88 valence electrons. The molecule has 0 aromatic heterocycles. The molecule has 0 aliphatic carbocycles. The van der Waals surface area contributed by atoms with Crippen LogP contribution in [0.2, 0.25) is 5.02 Å². The van der Waals surface area contributed by atoms with Gasteiger partial charge in [-0.1, -0.05) is 18.5 Å². The molecule has 0 aliphatic rings. The third-order valence-electron chi connectivity index (χ3n) is 2.37. The zero-order valence-electron chi connectivity index (χ0n) is 9.62. The van der Waals surface area contributed by atoms with Gasteiger partial charge in [-0.3, -0.25) is 4.79 Å². The molecule has 4 heteroatoms. The third-order valence-corrected chi connectivity index (χ3v) is 2.61. The Balaban J connectivity index is 3.10. The molecular weight excluding hydrogens is 228 g/mol. The molecule has 0 saturated carbocycles. The number of hydrogen-bond donors (Lipinski definition) is 0. The van der Waals surface area contributed by atoms with Gasteiger partial charge in [0, 0.05) is 12.1 Å². The molecule has 3 nitrogen and oxygen atoms in total. The largest absolute Gasteiger partial charge is 0.496 e. The number of ether oxygens (including phenoxy) is 2. The molecule has 1 unspecified atom stereocenters. The van der Waals surface area contributed by atoms with Gasteiger partial charge in [0.15, 0.2) is 5.78 Å². The fraction of sp³-hybridized carbons (Fsp3) is 0.417. The Kier molecular flexibility index (Phi) is 4.77. The normalized spacial score (nSPS) is 12.2. The second-order valence-electron chi connectivity index (χ2n) is 3.34. The monoisotopic (exact) mass is 242 g/mol. The summed E-state index contributed by atoms with van der Waals surface area (Å²) in [6.07, 6.45) is 0.165. The average Bonchev–Trinajstić information content (AvgIpc) is 2.30. The zero-order chi connectivity index (χ0) is 12.1. The topological polar surface area (TPSA) is 35.5 Å². The Morgan fingerprint density at radius 3 is 2.62 bits per heavy atom. The fourth-order valence-electron chi connectivity index (χ4n) is 1.51. The van der Waals surface area contributed by atoms with Crippen molar-refractivity contribution in [2.24, 2.45) is 0 Å². The van der Waals surface area contributed by atoms with Crippen molar-refractivity contribution in [2.45, 2.75) is 19.4 Å². The van der Waals surface area contributed by atoms with E-state index < -0.39 is 6.10 Å². The number of ketones is 1. The summed E-state index contributed by atoms with van der Waals surface area (Å²) in [6.45, 7) is 1.89. The van der Waals surface area contributed by atoms with Crippen molar-refractivity contribution in [3.8, 4) is 5.75 Å². The number of hydrogen-bond acceptors (Lipinski definition) is 3. The van der Waals surface area contributed by atoms with Crippen LogP contribution in [-0.4, -0.2) is 26.1 Å². The molecule has 0 spiro atoms. The van der Waals surface area contributed by atoms with Crippen LogP contribution in [0.1, 0.15) is 23.7 Å². The average molecular weight is 243 g/mol. The summed E-state index contributed by atoms with van der Waals surface area (Å²) in [6, 6.07) is 4.97. The van der Waals surface area contributed by atoms with Gasteiger partial charge in [0.1, 0.15) is 11.9 Å². The molecule has 1 atom stereocenters. The molecule has 16 heavy (non-hydrogen) atoms. The molecule has 0 amide bonds. The summed E-state index contributed by atoms with van der Waals surface area (Å²) in [5, 5.41) is 0.509. The molecule has 1 aromatic rings. The van der Waals surface area contributed by atoms with Crippen LogP contribution in [-0.2, 0) is 4.74 Å². The van der Waals surface area contributed by atoms with Gasteiger partial charge in [-0.2, -0.15) is 0 Å². The molecule has 0 heterocycles. The lowest BCUT2D eigenvalue weighted by Gasteiger charge is -2.14. The highest BCUT2D eigenvalue weighted by Gasteiger charge is 2.21. The number of carbonyl (C=O) groups excluding carboxylic acids is 1. The van der Waals surface area contributed by atoms with E-state index in [4.69, 9.17) is 21.1 Å². The molecule has 0 bridgehead atoms. The van der Waals surface area contributed by atoms with Gasteiger partial charge in [-0.05, 0) is 24.6 Å². The van der Waals surface area contributed by atoms with E-state index in [1.807, 2.05) is 6.92 Å². The van der Waals surface area contributed by atoms with Crippen LogP contribution >= 0.6 is 11.6 Å². The maximum Gasteiger partial charge on any atom is 0.195 e. The summed E-state index contributed by atoms with van der Waals surface area (Å²) < 4.78 is 10.2. The van der Waals surface area contributed by atoms with E-state index >= 15 is 0 Å². The second-order valence-corrected chi connectivity index (χ2v) is 3.78. The minimum Gasteiger partial charge on any atom is -0.496 e. The van der Waals surface area contributed by atoms with Gasteiger partial charge >= 0.3 is 0 Å². The minimum atomic E-state index is -0.452. The fourth-order valence-corrected chi connectivity index (χ4v) is 1.68. The van der Waals surface area contributed by atoms with E-state index in [0.29, 0.717) is 22.8 Å². The number of carbonyl (C=O) groups is 1. The van der Waals surface area contributed by atoms with Crippen molar-refractivity contribution in [2.75, 3.05) is 14.2 Å². The first-order valence-electron chi connectivity index (χ1n) is 5.04. The van der Waals surface area contributed by atoms with E-state index in [2.05, 4.69) is 0 Å². The van der Waals surface area contributed by atoms with Crippen molar-refractivity contribution in [3.05, 3.63) is 28.8 Å². The highest BCUT2D eigenvalue weighted by molar-refractivity contribution is 6.31. The molecule has 0 aliphatic heterocycles. The Bertz CT molecular complexity index is 373. The van der Waals surface area contributed by atoms with Gasteiger partial charge in [0.05, 0.1) is 12.7 Å². The SMILES string of the molecule is CCC(OC)C(=O)c1cc(Cl)ccc1OC. The Morgan fingerprint density at radius 2 is 2.12 bits per heavy atom. The van der Waals surface area contributed by atoms with Crippen LogP contribution in [0.25, 0.3) is 0 Å². The predicted molar refractivity (Wildman–Crippen MR) is 63.4 cm³/mol. The van der Waals surface area contributed by atoms with Crippen molar-refractivity contribution in [3.63, 3.8) is 0 Å². The third kappa shape index (κ3) is 2.74. The molecular formula is C12H15ClO3. The van der Waals surface area contributed by atoms with Crippen LogP contribution in [0.5, 0.6) is 5.75 Å². The van der Waals surface area contributed by atoms with Gasteiger partial charge in [-0.15, -0.1) is 0 Å². The first kappa shape index (κ1) is 13.0. The van der Waals surface area contributed by atoms with Crippen molar-refractivity contribution < 1.29 is 14.3 Å². The molecule has 0 N–H and O–H groups in total. The Labute approximate surface area is 100 Å². The van der Waals surface area contributed by atoms with E-state index in [1.54, 1.807) is 18.2 Å². The van der Waals surface area contributed by atoms with E-state index in [9.17, 15) is 4.79 Å². The van der Waals surface area contributed by atoms with Gasteiger partial charge in [0.25, 0.3) is 0 Å². The highest BCUT2D eigenvalue weighted by Crippen LogP contribution is 2.24. The molecule has 1 rings (SSSR count). The van der Waals surface area contributed by atoms with Gasteiger partial charge in [-0.25, -0.2) is 0 Å². The zero-order valence-corrected chi connectivity index (χ0v) is 10.4. The van der Waals surface area contributed by atoms with Crippen molar-refractivity contribution >= 4 is 17.4 Å². The molecule has 1 aromatic carbocycles. The standard InChI is InChI=1S/C12H15ClO3/c1-4-10(15-2)12(14)9-7-8(13)5-6-11(9)16-3/h5-7,10H,4H2,1-3H3. The van der Waals surface area contributed by atoms with E-state index in [-0.39, 0.29) is 5.78 Å². The van der Waals surface area contributed by atoms with E-state index in [1.165, 1.54) is 14.2 Å². The number of benzene rings is 1. The van der Waals surface area contributed by atoms with Crippen LogP contribution in [0.3, 0.4) is 0 Å². The van der Waals surface area contributed by atoms with Crippen LogP contribution < -0.4 is 4.74 Å². The first-order chi connectivity index (χ1) is 7.63. The van der Waals surface area contributed by atoms with Crippen molar-refractivity contribution in [1.82, 2.24) is 0 Å². The lowest BCUT2D eigenvalue weighted by atomic mass is 10.0. The number of halogens is 1. The molecule has 0 fully saturated rings. The Morgan fingerprint density at radius 1 is 1.44 bits per heavy atom. The van der Waals surface area contributed by atoms with Gasteiger partial charge < -0.3 is 9.47 Å². The highest BCUT2D eigenvalue weighted by atomic mass is 35.5. The number of Topliss-reactive ketones (excluding diaryl/α,β-unsaturated/α-hetero) is 1. The second kappa shape index (κ2) is 5.87. The maximum absolute atomic E-state index is 12.1.